The average Bonchev–Trinajstić information content (AvgIpc) is 2.59. The van der Waals surface area contributed by atoms with Crippen molar-refractivity contribution >= 4 is 12.0 Å². The molecular weight excluding hydrogens is 255 g/mol. The van der Waals surface area contributed by atoms with E-state index in [0.717, 1.165) is 10.6 Å². The summed E-state index contributed by atoms with van der Waals surface area (Å²) in [5.41, 5.74) is 1.01. The number of alkyl halides is 1. The van der Waals surface area contributed by atoms with Gasteiger partial charge in [-0.2, -0.15) is 5.06 Å². The average molecular weight is 272 g/mol. The molecule has 2 unspecified atom stereocenters. The monoisotopic (exact) mass is 272 g/mol. The van der Waals surface area contributed by atoms with Gasteiger partial charge in [0, 0.05) is 13.1 Å². The van der Waals surface area contributed by atoms with Crippen LogP contribution in [0.2, 0.25) is 0 Å². The van der Waals surface area contributed by atoms with Gasteiger partial charge in [0.15, 0.2) is 0 Å². The van der Waals surface area contributed by atoms with Crippen LogP contribution in [-0.4, -0.2) is 54.1 Å². The van der Waals surface area contributed by atoms with E-state index < -0.39 is 18.4 Å². The fourth-order valence-corrected chi connectivity index (χ4v) is 2.13. The molecule has 0 aliphatic carbocycles. The van der Waals surface area contributed by atoms with E-state index in [0.29, 0.717) is 19.5 Å². The molecule has 1 fully saturated rings. The lowest BCUT2D eigenvalue weighted by atomic mass is 10.1. The van der Waals surface area contributed by atoms with Crippen molar-refractivity contribution in [2.75, 3.05) is 19.7 Å². The molecule has 0 aromatic rings. The van der Waals surface area contributed by atoms with Crippen molar-refractivity contribution in [3.8, 4) is 0 Å². The van der Waals surface area contributed by atoms with E-state index in [2.05, 4.69) is 4.74 Å². The normalized spacial score (nSPS) is 23.4. The van der Waals surface area contributed by atoms with Gasteiger partial charge in [0.2, 0.25) is 0 Å². The Hall–Kier alpha value is -1.63. The van der Waals surface area contributed by atoms with Crippen LogP contribution in [0.3, 0.4) is 0 Å². The van der Waals surface area contributed by atoms with Crippen LogP contribution >= 0.6 is 0 Å². The molecule has 0 radical (unpaired) electrons. The van der Waals surface area contributed by atoms with Crippen LogP contribution in [0.5, 0.6) is 0 Å². The molecule has 0 saturated carbocycles. The highest BCUT2D eigenvalue weighted by Crippen LogP contribution is 2.25. The molecular formula is C12H17FN2O4. The number of carbonyl (C=O) groups is 2. The predicted molar refractivity (Wildman–Crippen MR) is 63.6 cm³/mol. The second-order valence-corrected chi connectivity index (χ2v) is 4.66. The van der Waals surface area contributed by atoms with Crippen LogP contribution in [-0.2, 0) is 14.4 Å². The Morgan fingerprint density at radius 3 is 3.05 bits per heavy atom. The minimum Gasteiger partial charge on any atom is -0.462 e. The van der Waals surface area contributed by atoms with E-state index in [-0.39, 0.29) is 12.6 Å². The number of hydroxylamine groups is 2. The third-order valence-electron chi connectivity index (χ3n) is 2.92. The quantitative estimate of drug-likeness (QED) is 0.558. The van der Waals surface area contributed by atoms with E-state index in [9.17, 15) is 14.0 Å². The molecule has 6 nitrogen and oxygen atoms in total. The lowest BCUT2D eigenvalue weighted by Gasteiger charge is -2.21. The summed E-state index contributed by atoms with van der Waals surface area (Å²) in [6.07, 6.45) is 0.162. The topological polar surface area (TPSA) is 59.1 Å². The summed E-state index contributed by atoms with van der Waals surface area (Å²) in [5.74, 6) is -1.10. The molecule has 2 amide bonds. The Kier molecular flexibility index (Phi) is 4.04. The zero-order valence-electron chi connectivity index (χ0n) is 11.0. The first-order valence-corrected chi connectivity index (χ1v) is 6.26. The molecule has 2 atom stereocenters. The molecule has 2 aliphatic heterocycles. The van der Waals surface area contributed by atoms with E-state index in [1.165, 1.54) is 0 Å². The van der Waals surface area contributed by atoms with Crippen LogP contribution in [0.1, 0.15) is 20.3 Å². The van der Waals surface area contributed by atoms with Crippen molar-refractivity contribution in [1.82, 2.24) is 9.96 Å². The second-order valence-electron chi connectivity index (χ2n) is 4.66. The number of ether oxygens (including phenoxy) is 1. The molecule has 0 N–H and O–H groups in total. The lowest BCUT2D eigenvalue weighted by molar-refractivity contribution is -0.223. The second kappa shape index (κ2) is 5.56. The number of rotatable bonds is 5. The van der Waals surface area contributed by atoms with Crippen LogP contribution in [0.4, 0.5) is 9.18 Å². The van der Waals surface area contributed by atoms with Crippen molar-refractivity contribution in [1.29, 1.82) is 0 Å². The van der Waals surface area contributed by atoms with E-state index >= 15 is 0 Å². The molecule has 0 spiro atoms. The fourth-order valence-electron chi connectivity index (χ4n) is 2.13. The Labute approximate surface area is 110 Å². The number of amides is 2. The Morgan fingerprint density at radius 2 is 2.37 bits per heavy atom. The molecule has 19 heavy (non-hydrogen) atoms. The van der Waals surface area contributed by atoms with Gasteiger partial charge in [0.1, 0.15) is 0 Å². The molecule has 2 rings (SSSR count). The Bertz CT molecular complexity index is 413. The first-order valence-electron chi connectivity index (χ1n) is 6.26. The maximum Gasteiger partial charge on any atom is 0.371 e. The molecule has 7 heteroatoms. The van der Waals surface area contributed by atoms with Gasteiger partial charge in [-0.05, 0) is 13.3 Å². The molecule has 2 heterocycles. The summed E-state index contributed by atoms with van der Waals surface area (Å²) in [4.78, 5) is 29.5. The smallest absolute Gasteiger partial charge is 0.371 e. The molecule has 0 aromatic heterocycles. The van der Waals surface area contributed by atoms with Crippen LogP contribution in [0.25, 0.3) is 0 Å². The number of esters is 1. The zero-order chi connectivity index (χ0) is 14.0. The highest BCUT2D eigenvalue weighted by Gasteiger charge is 2.42. The summed E-state index contributed by atoms with van der Waals surface area (Å²) >= 11 is 0. The number of hydrogen-bond acceptors (Lipinski definition) is 4. The number of nitrogens with zero attached hydrogens (tertiary/aromatic N) is 2. The van der Waals surface area contributed by atoms with Crippen molar-refractivity contribution in [2.24, 2.45) is 0 Å². The summed E-state index contributed by atoms with van der Waals surface area (Å²) < 4.78 is 18.2. The number of fused-ring (bicyclic) bond motifs is 2. The molecule has 106 valence electrons. The van der Waals surface area contributed by atoms with Gasteiger partial charge in [0.25, 0.3) is 0 Å². The largest absolute Gasteiger partial charge is 0.462 e. The number of halogens is 1. The highest BCUT2D eigenvalue weighted by atomic mass is 19.1. The number of carbonyl (C=O) groups excluding carboxylic acids is 2. The Balaban J connectivity index is 1.95. The van der Waals surface area contributed by atoms with Gasteiger partial charge in [-0.15, -0.1) is 0 Å². The van der Waals surface area contributed by atoms with Crippen LogP contribution in [0, 0.1) is 0 Å². The summed E-state index contributed by atoms with van der Waals surface area (Å²) in [6.45, 7) is 4.78. The van der Waals surface area contributed by atoms with E-state index in [1.807, 2.05) is 13.0 Å². The molecule has 1 saturated heterocycles. The Morgan fingerprint density at radius 1 is 1.63 bits per heavy atom. The number of urea groups is 1. The molecule has 0 aromatic carbocycles. The van der Waals surface area contributed by atoms with E-state index in [4.69, 9.17) is 4.84 Å². The van der Waals surface area contributed by atoms with Gasteiger partial charge in [0.05, 0.1) is 12.6 Å². The predicted octanol–water partition coefficient (Wildman–Crippen LogP) is 1.23. The van der Waals surface area contributed by atoms with Gasteiger partial charge in [-0.25, -0.2) is 18.8 Å². The van der Waals surface area contributed by atoms with Gasteiger partial charge in [-0.1, -0.05) is 18.6 Å². The third kappa shape index (κ3) is 2.86. The maximum atomic E-state index is 13.6. The molecule has 2 aliphatic rings. The van der Waals surface area contributed by atoms with Gasteiger partial charge in [-0.3, -0.25) is 0 Å². The van der Waals surface area contributed by atoms with Gasteiger partial charge < -0.3 is 9.64 Å². The van der Waals surface area contributed by atoms with Crippen molar-refractivity contribution in [3.63, 3.8) is 0 Å². The highest BCUT2D eigenvalue weighted by molar-refractivity contribution is 5.78. The maximum absolute atomic E-state index is 13.6. The summed E-state index contributed by atoms with van der Waals surface area (Å²) in [5, 5.41) is 0.911. The van der Waals surface area contributed by atoms with Crippen molar-refractivity contribution in [3.05, 3.63) is 11.6 Å². The van der Waals surface area contributed by atoms with E-state index in [1.54, 1.807) is 11.8 Å². The molecule has 2 bridgehead atoms. The summed E-state index contributed by atoms with van der Waals surface area (Å²) in [6, 6.07) is -0.775. The van der Waals surface area contributed by atoms with Gasteiger partial charge >= 0.3 is 18.4 Å². The van der Waals surface area contributed by atoms with Crippen LogP contribution < -0.4 is 0 Å². The van der Waals surface area contributed by atoms with Crippen LogP contribution in [0.15, 0.2) is 11.6 Å². The fraction of sp³-hybridized carbons (Fsp3) is 0.667. The lowest BCUT2D eigenvalue weighted by Crippen LogP contribution is -2.38. The first-order chi connectivity index (χ1) is 9.02. The van der Waals surface area contributed by atoms with Crippen molar-refractivity contribution in [2.45, 2.75) is 32.7 Å². The summed E-state index contributed by atoms with van der Waals surface area (Å²) in [7, 11) is 0. The van der Waals surface area contributed by atoms with Crippen molar-refractivity contribution < 1.29 is 23.6 Å². The SMILES string of the molecule is CCCOC(=O)C(F)ON1C(=O)N2CC(C)=CC1C2. The zero-order valence-corrected chi connectivity index (χ0v) is 11.0. The third-order valence-corrected chi connectivity index (χ3v) is 2.92. The minimum absolute atomic E-state index is 0.130. The minimum atomic E-state index is -2.27. The first kappa shape index (κ1) is 13.8. The number of hydrogen-bond donors (Lipinski definition) is 0. The standard InChI is InChI=1S/C12H17FN2O4/c1-3-4-18-11(16)10(13)19-15-9-5-8(2)6-14(7-9)12(15)17/h5,9-10H,3-4,6-7H2,1-2H3.